The summed E-state index contributed by atoms with van der Waals surface area (Å²) in [4.78, 5) is 14.2. The Kier molecular flexibility index (Phi) is 6.43. The maximum absolute atomic E-state index is 12.7. The fraction of sp³-hybridized carbons (Fsp3) is 0.375. The van der Waals surface area contributed by atoms with Gasteiger partial charge in [-0.15, -0.1) is 16.4 Å². The van der Waals surface area contributed by atoms with E-state index in [-0.39, 0.29) is 29.0 Å². The molecule has 0 N–H and O–H groups in total. The zero-order chi connectivity index (χ0) is 21.1. The number of halogens is 1. The van der Waals surface area contributed by atoms with Crippen molar-refractivity contribution in [2.45, 2.75) is 15.9 Å². The fourth-order valence-electron chi connectivity index (χ4n) is 2.91. The van der Waals surface area contributed by atoms with E-state index < -0.39 is 10.0 Å². The van der Waals surface area contributed by atoms with Gasteiger partial charge in [0.2, 0.25) is 11.1 Å². The van der Waals surface area contributed by atoms with Crippen molar-refractivity contribution in [3.8, 4) is 0 Å². The number of carbonyl (C=O) groups is 1. The van der Waals surface area contributed by atoms with E-state index in [9.17, 15) is 13.2 Å². The van der Waals surface area contributed by atoms with E-state index in [1.807, 2.05) is 6.07 Å². The summed E-state index contributed by atoms with van der Waals surface area (Å²) in [6.07, 6.45) is 1.57. The Balaban J connectivity index is 1.30. The monoisotopic (exact) mass is 488 g/mol. The molecule has 3 aromatic rings. The lowest BCUT2D eigenvalue weighted by atomic mass is 10.3. The zero-order valence-electron chi connectivity index (χ0n) is 15.5. The molecule has 30 heavy (non-hydrogen) atoms. The molecular formula is C16H17ClN6O4S3. The van der Waals surface area contributed by atoms with Crippen molar-refractivity contribution in [2.75, 3.05) is 31.9 Å². The van der Waals surface area contributed by atoms with E-state index >= 15 is 0 Å². The van der Waals surface area contributed by atoms with Crippen LogP contribution in [-0.2, 0) is 21.4 Å². The number of rotatable bonds is 7. The van der Waals surface area contributed by atoms with E-state index in [2.05, 4.69) is 15.5 Å². The second kappa shape index (κ2) is 9.06. The van der Waals surface area contributed by atoms with Crippen LogP contribution in [-0.4, -0.2) is 75.7 Å². The van der Waals surface area contributed by atoms with E-state index in [0.717, 1.165) is 11.3 Å². The molecule has 4 rings (SSSR count). The van der Waals surface area contributed by atoms with Crippen LogP contribution in [0.1, 0.15) is 5.76 Å². The van der Waals surface area contributed by atoms with Crippen LogP contribution >= 0.6 is 34.7 Å². The van der Waals surface area contributed by atoms with Crippen molar-refractivity contribution >= 4 is 50.6 Å². The van der Waals surface area contributed by atoms with Crippen LogP contribution in [0.25, 0.3) is 0 Å². The number of amides is 1. The molecule has 1 fully saturated rings. The van der Waals surface area contributed by atoms with Gasteiger partial charge >= 0.3 is 0 Å². The SMILES string of the molecule is O=C(CSc1nnnn1Cc1ccco1)N1CCN(S(=O)(=O)c2ccc(Cl)s2)CC1. The summed E-state index contributed by atoms with van der Waals surface area (Å²) >= 11 is 8.12. The molecule has 0 unspecified atom stereocenters. The third-order valence-corrected chi connectivity index (χ3v) is 8.98. The van der Waals surface area contributed by atoms with Crippen LogP contribution in [0, 0.1) is 0 Å². The molecule has 1 saturated heterocycles. The largest absolute Gasteiger partial charge is 0.467 e. The van der Waals surface area contributed by atoms with E-state index in [1.165, 1.54) is 22.1 Å². The van der Waals surface area contributed by atoms with Crippen LogP contribution in [0.15, 0.2) is 44.3 Å². The molecule has 0 bridgehead atoms. The molecule has 0 aliphatic carbocycles. The molecule has 0 spiro atoms. The molecule has 0 aromatic carbocycles. The Hall–Kier alpha value is -1.93. The van der Waals surface area contributed by atoms with Crippen LogP contribution in [0.5, 0.6) is 0 Å². The minimum atomic E-state index is -3.58. The van der Waals surface area contributed by atoms with Gasteiger partial charge in [0.1, 0.15) is 16.5 Å². The average molecular weight is 489 g/mol. The quantitative estimate of drug-likeness (QED) is 0.461. The second-order valence-electron chi connectivity index (χ2n) is 6.33. The number of nitrogens with zero attached hydrogens (tertiary/aromatic N) is 6. The summed E-state index contributed by atoms with van der Waals surface area (Å²) in [7, 11) is -3.58. The Labute approximate surface area is 185 Å². The number of sulfonamides is 1. The van der Waals surface area contributed by atoms with Gasteiger partial charge < -0.3 is 9.32 Å². The lowest BCUT2D eigenvalue weighted by Crippen LogP contribution is -2.50. The number of thiophene rings is 1. The number of carbonyl (C=O) groups excluding carboxylic acids is 1. The summed E-state index contributed by atoms with van der Waals surface area (Å²) in [5.74, 6) is 0.773. The summed E-state index contributed by atoms with van der Waals surface area (Å²) in [6, 6.07) is 6.67. The van der Waals surface area contributed by atoms with Gasteiger partial charge in [-0.2, -0.15) is 4.31 Å². The van der Waals surface area contributed by atoms with Gasteiger partial charge in [0.05, 0.1) is 16.4 Å². The van der Waals surface area contributed by atoms with Crippen molar-refractivity contribution in [3.63, 3.8) is 0 Å². The maximum atomic E-state index is 12.7. The van der Waals surface area contributed by atoms with Crippen LogP contribution < -0.4 is 0 Å². The molecule has 1 amide bonds. The fourth-order valence-corrected chi connectivity index (χ4v) is 6.75. The van der Waals surface area contributed by atoms with E-state index in [1.54, 1.807) is 28.0 Å². The Bertz CT molecular complexity index is 1110. The van der Waals surface area contributed by atoms with Crippen LogP contribution in [0.4, 0.5) is 0 Å². The topological polar surface area (TPSA) is 114 Å². The maximum Gasteiger partial charge on any atom is 0.252 e. The Morgan fingerprint density at radius 3 is 2.70 bits per heavy atom. The molecule has 1 aliphatic rings. The third kappa shape index (κ3) is 4.70. The van der Waals surface area contributed by atoms with Crippen molar-refractivity contribution in [1.82, 2.24) is 29.4 Å². The number of piperazine rings is 1. The molecule has 0 radical (unpaired) electrons. The molecule has 160 valence electrons. The molecule has 3 aromatic heterocycles. The lowest BCUT2D eigenvalue weighted by molar-refractivity contribution is -0.129. The van der Waals surface area contributed by atoms with Crippen molar-refractivity contribution < 1.29 is 17.6 Å². The first-order valence-corrected chi connectivity index (χ1v) is 12.5. The van der Waals surface area contributed by atoms with Gasteiger partial charge in [-0.3, -0.25) is 4.79 Å². The number of thioether (sulfide) groups is 1. The predicted molar refractivity (Wildman–Crippen MR) is 111 cm³/mol. The Morgan fingerprint density at radius 1 is 1.23 bits per heavy atom. The van der Waals surface area contributed by atoms with Gasteiger partial charge in [0.15, 0.2) is 0 Å². The smallest absolute Gasteiger partial charge is 0.252 e. The highest BCUT2D eigenvalue weighted by Gasteiger charge is 2.31. The number of furan rings is 1. The molecule has 10 nitrogen and oxygen atoms in total. The van der Waals surface area contributed by atoms with Crippen molar-refractivity contribution in [3.05, 3.63) is 40.6 Å². The zero-order valence-corrected chi connectivity index (χ0v) is 18.8. The Morgan fingerprint density at radius 2 is 2.03 bits per heavy atom. The summed E-state index contributed by atoms with van der Waals surface area (Å²) in [5.41, 5.74) is 0. The minimum Gasteiger partial charge on any atom is -0.467 e. The molecule has 4 heterocycles. The highest BCUT2D eigenvalue weighted by atomic mass is 35.5. The lowest BCUT2D eigenvalue weighted by Gasteiger charge is -2.33. The van der Waals surface area contributed by atoms with Gasteiger partial charge in [-0.1, -0.05) is 23.4 Å². The molecular weight excluding hydrogens is 472 g/mol. The van der Waals surface area contributed by atoms with Crippen molar-refractivity contribution in [2.24, 2.45) is 0 Å². The van der Waals surface area contributed by atoms with Crippen LogP contribution in [0.2, 0.25) is 4.34 Å². The first-order chi connectivity index (χ1) is 14.4. The standard InChI is InChI=1S/C16H17ClN6O4S3/c17-13-3-4-15(29-13)30(25,26)22-7-5-21(6-8-22)14(24)11-28-16-18-19-20-23(16)10-12-2-1-9-27-12/h1-4,9H,5-8,10-11H2. The summed E-state index contributed by atoms with van der Waals surface area (Å²) in [6.45, 7) is 1.51. The molecule has 0 saturated carbocycles. The highest BCUT2D eigenvalue weighted by Crippen LogP contribution is 2.28. The number of hydrogen-bond donors (Lipinski definition) is 0. The first-order valence-electron chi connectivity index (χ1n) is 8.88. The van der Waals surface area contributed by atoms with Gasteiger partial charge in [-0.25, -0.2) is 13.1 Å². The molecule has 0 atom stereocenters. The number of hydrogen-bond acceptors (Lipinski definition) is 9. The molecule has 14 heteroatoms. The average Bonchev–Trinajstić information content (AvgIpc) is 3.49. The van der Waals surface area contributed by atoms with Gasteiger partial charge in [-0.05, 0) is 34.7 Å². The summed E-state index contributed by atoms with van der Waals surface area (Å²) in [5, 5.41) is 12.0. The van der Waals surface area contributed by atoms with E-state index in [0.29, 0.717) is 34.9 Å². The predicted octanol–water partition coefficient (Wildman–Crippen LogP) is 1.65. The summed E-state index contributed by atoms with van der Waals surface area (Å²) < 4.78 is 34.2. The van der Waals surface area contributed by atoms with E-state index in [4.69, 9.17) is 16.0 Å². The minimum absolute atomic E-state index is 0.0937. The van der Waals surface area contributed by atoms with Gasteiger partial charge in [0, 0.05) is 26.2 Å². The number of tetrazole rings is 1. The van der Waals surface area contributed by atoms with Gasteiger partial charge in [0.25, 0.3) is 10.0 Å². The second-order valence-corrected chi connectivity index (χ2v) is 11.2. The number of aromatic nitrogens is 4. The van der Waals surface area contributed by atoms with Crippen molar-refractivity contribution in [1.29, 1.82) is 0 Å². The molecule has 1 aliphatic heterocycles. The highest BCUT2D eigenvalue weighted by molar-refractivity contribution is 7.99. The first kappa shape index (κ1) is 21.3. The normalized spacial score (nSPS) is 15.6. The van der Waals surface area contributed by atoms with Crippen LogP contribution in [0.3, 0.4) is 0 Å². The third-order valence-electron chi connectivity index (χ3n) is 4.44.